The fourth-order valence-corrected chi connectivity index (χ4v) is 3.25. The van der Waals surface area contributed by atoms with Crippen LogP contribution < -0.4 is 4.90 Å². The molecule has 0 aromatic carbocycles. The quantitative estimate of drug-likeness (QED) is 0.757. The maximum atomic E-state index is 5.98. The molecule has 4 heteroatoms. The largest absolute Gasteiger partial charge is 0.367 e. The van der Waals surface area contributed by atoms with Crippen LogP contribution in [0.5, 0.6) is 0 Å². The molecular formula is C12H17ClN2S. The van der Waals surface area contributed by atoms with Gasteiger partial charge in [-0.2, -0.15) is 11.8 Å². The highest BCUT2D eigenvalue weighted by molar-refractivity contribution is 7.99. The van der Waals surface area contributed by atoms with Crippen molar-refractivity contribution in [3.05, 3.63) is 23.5 Å². The Labute approximate surface area is 106 Å². The third-order valence-corrected chi connectivity index (χ3v) is 4.40. The summed E-state index contributed by atoms with van der Waals surface area (Å²) in [5.74, 6) is 2.94. The van der Waals surface area contributed by atoms with Crippen LogP contribution in [-0.4, -0.2) is 29.1 Å². The van der Waals surface area contributed by atoms with Crippen molar-refractivity contribution in [1.29, 1.82) is 0 Å². The van der Waals surface area contributed by atoms with E-state index in [2.05, 4.69) is 22.9 Å². The first kappa shape index (κ1) is 12.1. The summed E-state index contributed by atoms with van der Waals surface area (Å²) in [6.45, 7) is 5.42. The van der Waals surface area contributed by atoms with Gasteiger partial charge in [0.15, 0.2) is 0 Å². The van der Waals surface area contributed by atoms with Gasteiger partial charge in [0.25, 0.3) is 0 Å². The molecule has 1 aliphatic heterocycles. The van der Waals surface area contributed by atoms with Crippen LogP contribution in [0, 0.1) is 6.92 Å². The van der Waals surface area contributed by atoms with Crippen molar-refractivity contribution in [3.63, 3.8) is 0 Å². The summed E-state index contributed by atoms with van der Waals surface area (Å²) < 4.78 is 0. The number of alkyl halides is 1. The predicted molar refractivity (Wildman–Crippen MR) is 72.7 cm³/mol. The van der Waals surface area contributed by atoms with E-state index in [1.807, 2.05) is 24.9 Å². The second kappa shape index (κ2) is 5.28. The van der Waals surface area contributed by atoms with E-state index >= 15 is 0 Å². The normalized spacial score (nSPS) is 21.2. The van der Waals surface area contributed by atoms with Crippen LogP contribution in [-0.2, 0) is 5.88 Å². The summed E-state index contributed by atoms with van der Waals surface area (Å²) >= 11 is 8.01. The van der Waals surface area contributed by atoms with E-state index in [0.717, 1.165) is 17.8 Å². The zero-order valence-electron chi connectivity index (χ0n) is 9.74. The molecule has 0 N–H and O–H groups in total. The first-order chi connectivity index (χ1) is 7.72. The smallest absolute Gasteiger partial charge is 0.0509 e. The minimum Gasteiger partial charge on any atom is -0.367 e. The van der Waals surface area contributed by atoms with Crippen LogP contribution in [0.15, 0.2) is 12.3 Å². The van der Waals surface area contributed by atoms with Gasteiger partial charge in [0.05, 0.1) is 5.88 Å². The third kappa shape index (κ3) is 2.46. The van der Waals surface area contributed by atoms with Crippen LogP contribution in [0.1, 0.15) is 18.2 Å². The summed E-state index contributed by atoms with van der Waals surface area (Å²) in [4.78, 5) is 6.78. The molecule has 1 saturated heterocycles. The topological polar surface area (TPSA) is 16.1 Å². The van der Waals surface area contributed by atoms with E-state index in [4.69, 9.17) is 11.6 Å². The number of halogens is 1. The average molecular weight is 257 g/mol. The lowest BCUT2D eigenvalue weighted by Gasteiger charge is -2.36. The van der Waals surface area contributed by atoms with Gasteiger partial charge in [0.1, 0.15) is 0 Å². The molecule has 88 valence electrons. The molecule has 1 unspecified atom stereocenters. The molecular weight excluding hydrogens is 240 g/mol. The van der Waals surface area contributed by atoms with Gasteiger partial charge in [-0.15, -0.1) is 11.6 Å². The third-order valence-electron chi connectivity index (χ3n) is 2.92. The van der Waals surface area contributed by atoms with E-state index in [9.17, 15) is 0 Å². The zero-order chi connectivity index (χ0) is 11.5. The van der Waals surface area contributed by atoms with Crippen molar-refractivity contribution in [2.45, 2.75) is 25.8 Å². The first-order valence-corrected chi connectivity index (χ1v) is 7.27. The molecule has 1 aromatic rings. The number of aromatic nitrogens is 1. The van der Waals surface area contributed by atoms with Gasteiger partial charge in [0.2, 0.25) is 0 Å². The number of hydrogen-bond acceptors (Lipinski definition) is 3. The van der Waals surface area contributed by atoms with Crippen LogP contribution in [0.4, 0.5) is 5.69 Å². The number of pyridine rings is 1. The molecule has 0 radical (unpaired) electrons. The molecule has 0 bridgehead atoms. The summed E-state index contributed by atoms with van der Waals surface area (Å²) in [6.07, 6.45) is 1.91. The van der Waals surface area contributed by atoms with Crippen LogP contribution in [0.2, 0.25) is 0 Å². The highest BCUT2D eigenvalue weighted by Gasteiger charge is 2.21. The molecule has 2 nitrogen and oxygen atoms in total. The lowest BCUT2D eigenvalue weighted by molar-refractivity contribution is 0.696. The van der Waals surface area contributed by atoms with Gasteiger partial charge in [-0.05, 0) is 19.9 Å². The number of aryl methyl sites for hydroxylation is 1. The number of nitrogens with zero attached hydrogens (tertiary/aromatic N) is 2. The summed E-state index contributed by atoms with van der Waals surface area (Å²) in [7, 11) is 0. The van der Waals surface area contributed by atoms with Crippen LogP contribution >= 0.6 is 23.4 Å². The Morgan fingerprint density at radius 2 is 2.44 bits per heavy atom. The molecule has 1 aromatic heterocycles. The molecule has 1 aliphatic rings. The summed E-state index contributed by atoms with van der Waals surface area (Å²) in [5, 5.41) is 0. The van der Waals surface area contributed by atoms with Crippen LogP contribution in [0.25, 0.3) is 0 Å². The summed E-state index contributed by atoms with van der Waals surface area (Å²) in [5.41, 5.74) is 3.48. The maximum absolute atomic E-state index is 5.98. The Morgan fingerprint density at radius 1 is 1.62 bits per heavy atom. The monoisotopic (exact) mass is 256 g/mol. The Kier molecular flexibility index (Phi) is 3.98. The highest BCUT2D eigenvalue weighted by atomic mass is 35.5. The SMILES string of the molecule is Cc1cc(N2CCSCC2C)c(CCl)cn1. The Morgan fingerprint density at radius 3 is 3.12 bits per heavy atom. The molecule has 0 aliphatic carbocycles. The molecule has 16 heavy (non-hydrogen) atoms. The Bertz CT molecular complexity index is 370. The lowest BCUT2D eigenvalue weighted by Crippen LogP contribution is -2.41. The van der Waals surface area contributed by atoms with Crippen molar-refractivity contribution >= 4 is 29.1 Å². The first-order valence-electron chi connectivity index (χ1n) is 5.58. The van der Waals surface area contributed by atoms with Gasteiger partial charge < -0.3 is 4.90 Å². The fourth-order valence-electron chi connectivity index (χ4n) is 2.03. The summed E-state index contributed by atoms with van der Waals surface area (Å²) in [6, 6.07) is 2.74. The second-order valence-electron chi connectivity index (χ2n) is 4.21. The van der Waals surface area contributed by atoms with E-state index in [0.29, 0.717) is 11.9 Å². The number of thioether (sulfide) groups is 1. The molecule has 0 amide bonds. The second-order valence-corrected chi connectivity index (χ2v) is 5.62. The number of hydrogen-bond donors (Lipinski definition) is 0. The predicted octanol–water partition coefficient (Wildman–Crippen LogP) is 3.07. The van der Waals surface area contributed by atoms with Crippen molar-refractivity contribution in [2.75, 3.05) is 23.0 Å². The van der Waals surface area contributed by atoms with E-state index in [-0.39, 0.29) is 0 Å². The van der Waals surface area contributed by atoms with E-state index in [1.165, 1.54) is 17.2 Å². The molecule has 0 spiro atoms. The van der Waals surface area contributed by atoms with E-state index < -0.39 is 0 Å². The standard InChI is InChI=1S/C12H17ClN2S/c1-9-5-12(11(6-13)7-14-9)15-3-4-16-8-10(15)2/h5,7,10H,3-4,6,8H2,1-2H3. The molecule has 2 heterocycles. The van der Waals surface area contributed by atoms with Gasteiger partial charge in [-0.1, -0.05) is 0 Å². The molecule has 0 saturated carbocycles. The maximum Gasteiger partial charge on any atom is 0.0509 e. The lowest BCUT2D eigenvalue weighted by atomic mass is 10.1. The minimum absolute atomic E-state index is 0.541. The zero-order valence-corrected chi connectivity index (χ0v) is 11.3. The van der Waals surface area contributed by atoms with Gasteiger partial charge >= 0.3 is 0 Å². The Balaban J connectivity index is 2.33. The van der Waals surface area contributed by atoms with Crippen molar-refractivity contribution in [3.8, 4) is 0 Å². The molecule has 1 atom stereocenters. The van der Waals surface area contributed by atoms with Gasteiger partial charge in [-0.25, -0.2) is 0 Å². The fraction of sp³-hybridized carbons (Fsp3) is 0.583. The molecule has 2 rings (SSSR count). The van der Waals surface area contributed by atoms with E-state index in [1.54, 1.807) is 0 Å². The highest BCUT2D eigenvalue weighted by Crippen LogP contribution is 2.28. The van der Waals surface area contributed by atoms with Crippen molar-refractivity contribution in [1.82, 2.24) is 4.98 Å². The minimum atomic E-state index is 0.541. The number of rotatable bonds is 2. The van der Waals surface area contributed by atoms with Crippen molar-refractivity contribution in [2.24, 2.45) is 0 Å². The van der Waals surface area contributed by atoms with Gasteiger partial charge in [0, 0.05) is 47.2 Å². The van der Waals surface area contributed by atoms with Crippen LogP contribution in [0.3, 0.4) is 0 Å². The van der Waals surface area contributed by atoms with Gasteiger partial charge in [-0.3, -0.25) is 4.98 Å². The average Bonchev–Trinajstić information content (AvgIpc) is 2.29. The van der Waals surface area contributed by atoms with Crippen molar-refractivity contribution < 1.29 is 0 Å². The molecule has 1 fully saturated rings. The Hall–Kier alpha value is -0.410. The number of anilines is 1.